The van der Waals surface area contributed by atoms with Crippen LogP contribution in [0.2, 0.25) is 5.02 Å². The average molecular weight is 380 g/mol. The van der Waals surface area contributed by atoms with Crippen LogP contribution in [0.4, 0.5) is 17.1 Å². The van der Waals surface area contributed by atoms with Crippen molar-refractivity contribution in [1.82, 2.24) is 0 Å². The van der Waals surface area contributed by atoms with Crippen LogP contribution in [0.15, 0.2) is 36.4 Å². The first-order chi connectivity index (χ1) is 12.3. The number of hydrogen-bond donors (Lipinski definition) is 2. The molecule has 2 aromatic carbocycles. The van der Waals surface area contributed by atoms with Gasteiger partial charge in [-0.3, -0.25) is 19.7 Å². The summed E-state index contributed by atoms with van der Waals surface area (Å²) in [5.41, 5.74) is -0.0109. The van der Waals surface area contributed by atoms with E-state index in [4.69, 9.17) is 21.1 Å². The molecule has 0 saturated heterocycles. The predicted molar refractivity (Wildman–Crippen MR) is 94.9 cm³/mol. The van der Waals surface area contributed by atoms with E-state index >= 15 is 0 Å². The van der Waals surface area contributed by atoms with E-state index in [0.29, 0.717) is 17.2 Å². The number of amides is 2. The summed E-state index contributed by atoms with van der Waals surface area (Å²) in [6.45, 7) is 0. The van der Waals surface area contributed by atoms with Crippen LogP contribution in [0, 0.1) is 10.1 Å². The second-order valence-corrected chi connectivity index (χ2v) is 5.31. The molecule has 0 fully saturated rings. The van der Waals surface area contributed by atoms with Gasteiger partial charge in [-0.25, -0.2) is 0 Å². The van der Waals surface area contributed by atoms with E-state index in [-0.39, 0.29) is 16.4 Å². The topological polar surface area (TPSA) is 120 Å². The lowest BCUT2D eigenvalue weighted by Gasteiger charge is -2.10. The number of hydrogen-bond acceptors (Lipinski definition) is 6. The number of nitro groups is 1. The maximum atomic E-state index is 12.0. The van der Waals surface area contributed by atoms with Gasteiger partial charge in [-0.1, -0.05) is 11.6 Å². The maximum Gasteiger partial charge on any atom is 0.314 e. The number of methoxy groups -OCH3 is 2. The van der Waals surface area contributed by atoms with Gasteiger partial charge in [0.25, 0.3) is 5.69 Å². The van der Waals surface area contributed by atoms with Crippen LogP contribution in [0.1, 0.15) is 0 Å². The lowest BCUT2D eigenvalue weighted by atomic mass is 10.2. The Labute approximate surface area is 153 Å². The van der Waals surface area contributed by atoms with Crippen LogP contribution in [-0.2, 0) is 9.59 Å². The van der Waals surface area contributed by atoms with Crippen molar-refractivity contribution in [3.8, 4) is 11.5 Å². The largest absolute Gasteiger partial charge is 0.493 e. The molecule has 0 atom stereocenters. The van der Waals surface area contributed by atoms with Gasteiger partial charge in [0.1, 0.15) is 5.02 Å². The smallest absolute Gasteiger partial charge is 0.314 e. The summed E-state index contributed by atoms with van der Waals surface area (Å²) < 4.78 is 10.2. The molecule has 26 heavy (non-hydrogen) atoms. The van der Waals surface area contributed by atoms with Gasteiger partial charge in [0, 0.05) is 23.5 Å². The molecule has 9 nitrogen and oxygen atoms in total. The molecule has 10 heteroatoms. The van der Waals surface area contributed by atoms with E-state index in [1.165, 1.54) is 38.5 Å². The highest BCUT2D eigenvalue weighted by atomic mass is 35.5. The molecule has 2 rings (SSSR count). The summed E-state index contributed by atoms with van der Waals surface area (Å²) in [4.78, 5) is 34.1. The molecule has 136 valence electrons. The van der Waals surface area contributed by atoms with E-state index in [2.05, 4.69) is 10.6 Å². The molecule has 0 heterocycles. The van der Waals surface area contributed by atoms with Gasteiger partial charge in [-0.2, -0.15) is 0 Å². The third-order valence-electron chi connectivity index (χ3n) is 3.25. The number of benzene rings is 2. The Morgan fingerprint density at radius 2 is 1.50 bits per heavy atom. The van der Waals surface area contributed by atoms with Gasteiger partial charge in [-0.05, 0) is 24.3 Å². The summed E-state index contributed by atoms with van der Waals surface area (Å²) in [7, 11) is 2.90. The van der Waals surface area contributed by atoms with Crippen molar-refractivity contribution in [2.45, 2.75) is 0 Å². The fourth-order valence-electron chi connectivity index (χ4n) is 2.02. The molecule has 0 radical (unpaired) electrons. The predicted octanol–water partition coefficient (Wildman–Crippen LogP) is 2.84. The van der Waals surface area contributed by atoms with Gasteiger partial charge >= 0.3 is 11.8 Å². The van der Waals surface area contributed by atoms with Crippen LogP contribution in [0.5, 0.6) is 11.5 Å². The van der Waals surface area contributed by atoms with Gasteiger partial charge in [-0.15, -0.1) is 0 Å². The van der Waals surface area contributed by atoms with E-state index in [1.54, 1.807) is 6.07 Å². The van der Waals surface area contributed by atoms with Crippen LogP contribution in [-0.4, -0.2) is 31.0 Å². The number of halogens is 1. The quantitative estimate of drug-likeness (QED) is 0.468. The zero-order chi connectivity index (χ0) is 19.3. The first-order valence-electron chi connectivity index (χ1n) is 7.14. The van der Waals surface area contributed by atoms with Gasteiger partial charge < -0.3 is 20.1 Å². The van der Waals surface area contributed by atoms with E-state index in [0.717, 1.165) is 6.07 Å². The van der Waals surface area contributed by atoms with Gasteiger partial charge in [0.2, 0.25) is 0 Å². The standard InChI is InChI=1S/C16H14ClN3O6/c1-25-13-6-4-10(8-14(13)26-2)19-16(22)15(21)18-9-3-5-11(17)12(7-9)20(23)24/h3-8H,1-2H3,(H,18,21)(H,19,22). The van der Waals surface area contributed by atoms with Crippen LogP contribution in [0.25, 0.3) is 0 Å². The third-order valence-corrected chi connectivity index (χ3v) is 3.57. The molecule has 2 aromatic rings. The second kappa shape index (κ2) is 8.17. The van der Waals surface area contributed by atoms with Gasteiger partial charge in [0.05, 0.1) is 19.1 Å². The Hall–Kier alpha value is -3.33. The number of rotatable bonds is 5. The monoisotopic (exact) mass is 379 g/mol. The summed E-state index contributed by atoms with van der Waals surface area (Å²) in [6.07, 6.45) is 0. The maximum absolute atomic E-state index is 12.0. The van der Waals surface area contributed by atoms with E-state index < -0.39 is 16.7 Å². The minimum Gasteiger partial charge on any atom is -0.493 e. The molecular formula is C16H14ClN3O6. The minimum absolute atomic E-state index is 0.0635. The van der Waals surface area contributed by atoms with Crippen molar-refractivity contribution in [3.05, 3.63) is 51.5 Å². The van der Waals surface area contributed by atoms with E-state index in [9.17, 15) is 19.7 Å². The Balaban J connectivity index is 2.10. The summed E-state index contributed by atoms with van der Waals surface area (Å²) in [5, 5.41) is 15.4. The number of carbonyl (C=O) groups excluding carboxylic acids is 2. The third kappa shape index (κ3) is 4.39. The summed E-state index contributed by atoms with van der Waals surface area (Å²) in [6, 6.07) is 8.23. The molecule has 0 spiro atoms. The number of nitrogens with one attached hydrogen (secondary N) is 2. The fraction of sp³-hybridized carbons (Fsp3) is 0.125. The molecule has 0 saturated carbocycles. The number of nitro benzene ring substituents is 1. The van der Waals surface area contributed by atoms with E-state index in [1.807, 2.05) is 0 Å². The number of carbonyl (C=O) groups is 2. The van der Waals surface area contributed by atoms with Crippen LogP contribution < -0.4 is 20.1 Å². The molecule has 0 aromatic heterocycles. The molecule has 0 aliphatic carbocycles. The molecule has 0 aliphatic rings. The normalized spacial score (nSPS) is 9.96. The highest BCUT2D eigenvalue weighted by Gasteiger charge is 2.18. The average Bonchev–Trinajstić information content (AvgIpc) is 2.62. The minimum atomic E-state index is -1.00. The zero-order valence-electron chi connectivity index (χ0n) is 13.7. The molecule has 2 amide bonds. The summed E-state index contributed by atoms with van der Waals surface area (Å²) >= 11 is 5.70. The lowest BCUT2D eigenvalue weighted by molar-refractivity contribution is -0.384. The Morgan fingerprint density at radius 3 is 2.04 bits per heavy atom. The van der Waals surface area contributed by atoms with Crippen molar-refractivity contribution in [1.29, 1.82) is 0 Å². The summed E-state index contributed by atoms with van der Waals surface area (Å²) in [5.74, 6) is -1.13. The van der Waals surface area contributed by atoms with Crippen molar-refractivity contribution in [2.24, 2.45) is 0 Å². The Morgan fingerprint density at radius 1 is 0.962 bits per heavy atom. The Kier molecular flexibility index (Phi) is 5.97. The molecule has 0 aliphatic heterocycles. The van der Waals surface area contributed by atoms with Crippen molar-refractivity contribution < 1.29 is 24.0 Å². The Bertz CT molecular complexity index is 871. The van der Waals surface area contributed by atoms with Crippen LogP contribution >= 0.6 is 11.6 Å². The fourth-order valence-corrected chi connectivity index (χ4v) is 2.21. The van der Waals surface area contributed by atoms with Crippen LogP contribution in [0.3, 0.4) is 0 Å². The number of nitrogens with zero attached hydrogens (tertiary/aromatic N) is 1. The van der Waals surface area contributed by atoms with Crippen molar-refractivity contribution in [2.75, 3.05) is 24.9 Å². The second-order valence-electron chi connectivity index (χ2n) is 4.90. The molecule has 2 N–H and O–H groups in total. The van der Waals surface area contributed by atoms with Gasteiger partial charge in [0.15, 0.2) is 11.5 Å². The zero-order valence-corrected chi connectivity index (χ0v) is 14.5. The number of ether oxygens (including phenoxy) is 2. The lowest BCUT2D eigenvalue weighted by Crippen LogP contribution is -2.29. The first kappa shape index (κ1) is 19.0. The molecule has 0 unspecified atom stereocenters. The highest BCUT2D eigenvalue weighted by molar-refractivity contribution is 6.43. The molecule has 0 bridgehead atoms. The van der Waals surface area contributed by atoms with Crippen molar-refractivity contribution in [3.63, 3.8) is 0 Å². The van der Waals surface area contributed by atoms with Crippen molar-refractivity contribution >= 4 is 40.5 Å². The SMILES string of the molecule is COc1ccc(NC(=O)C(=O)Nc2ccc(Cl)c([N+](=O)[O-])c2)cc1OC. The molecular weight excluding hydrogens is 366 g/mol. The first-order valence-corrected chi connectivity index (χ1v) is 7.51. The number of anilines is 2. The highest BCUT2D eigenvalue weighted by Crippen LogP contribution is 2.30.